The van der Waals surface area contributed by atoms with Gasteiger partial charge in [-0.25, -0.2) is 9.78 Å². The Balaban J connectivity index is 1.34. The molecule has 2 heterocycles. The molecule has 0 saturated heterocycles. The number of anilines is 2. The van der Waals surface area contributed by atoms with Gasteiger partial charge in [0.2, 0.25) is 6.17 Å². The lowest BCUT2D eigenvalue weighted by atomic mass is 9.83. The summed E-state index contributed by atoms with van der Waals surface area (Å²) in [5, 5.41) is 5.69. The summed E-state index contributed by atoms with van der Waals surface area (Å²) in [6, 6.07) is 20.4. The number of aliphatic imine (C=N–C) groups is 1. The van der Waals surface area contributed by atoms with Crippen LogP contribution < -0.4 is 15.5 Å². The Labute approximate surface area is 229 Å². The number of urea groups is 1. The first-order valence-corrected chi connectivity index (χ1v) is 13.7. The van der Waals surface area contributed by atoms with Crippen LogP contribution in [0.3, 0.4) is 0 Å². The van der Waals surface area contributed by atoms with E-state index in [1.807, 2.05) is 55.5 Å². The van der Waals surface area contributed by atoms with E-state index in [1.54, 1.807) is 23.2 Å². The van der Waals surface area contributed by atoms with E-state index in [4.69, 9.17) is 4.99 Å². The van der Waals surface area contributed by atoms with Crippen molar-refractivity contribution in [3.63, 3.8) is 0 Å². The van der Waals surface area contributed by atoms with Crippen LogP contribution in [0.2, 0.25) is 0 Å². The number of aromatic nitrogens is 1. The molecule has 3 amide bonds. The van der Waals surface area contributed by atoms with Crippen LogP contribution in [0.1, 0.15) is 62.3 Å². The zero-order valence-corrected chi connectivity index (χ0v) is 22.2. The van der Waals surface area contributed by atoms with Crippen LogP contribution in [-0.4, -0.2) is 35.3 Å². The van der Waals surface area contributed by atoms with E-state index in [1.165, 1.54) is 6.42 Å². The number of benzodiazepines with no additional fused rings is 1. The van der Waals surface area contributed by atoms with Crippen LogP contribution in [0.15, 0.2) is 77.9 Å². The summed E-state index contributed by atoms with van der Waals surface area (Å²) >= 11 is 0. The van der Waals surface area contributed by atoms with Crippen molar-refractivity contribution in [3.05, 3.63) is 89.7 Å². The van der Waals surface area contributed by atoms with Crippen molar-refractivity contribution >= 4 is 29.0 Å². The van der Waals surface area contributed by atoms with Gasteiger partial charge in [-0.2, -0.15) is 0 Å². The largest absolute Gasteiger partial charge is 0.321 e. The van der Waals surface area contributed by atoms with E-state index < -0.39 is 12.2 Å². The van der Waals surface area contributed by atoms with Gasteiger partial charge in [0.15, 0.2) is 0 Å². The first-order chi connectivity index (χ1) is 19.1. The first kappa shape index (κ1) is 26.2. The fraction of sp³-hybridized carbons (Fsp3) is 0.312. The van der Waals surface area contributed by atoms with Crippen molar-refractivity contribution in [1.82, 2.24) is 10.3 Å². The van der Waals surface area contributed by atoms with E-state index in [9.17, 15) is 9.59 Å². The maximum Gasteiger partial charge on any atom is 0.321 e. The zero-order chi connectivity index (χ0) is 27.0. The number of rotatable bonds is 5. The second-order valence-electron chi connectivity index (χ2n) is 9.90. The molecule has 7 heteroatoms. The number of hydrogen-bond acceptors (Lipinski definition) is 4. The van der Waals surface area contributed by atoms with Crippen LogP contribution in [0.4, 0.5) is 16.2 Å². The molecule has 0 radical (unpaired) electrons. The third kappa shape index (κ3) is 6.35. The standard InChI is InChI=1S/C32H33N5O2/c1-2-22-37-28-14-7-6-13-27(28)29(24-10-4-3-5-11-24)35-30(31(37)38)36-32(39)34-26-19-16-23(17-20-26)15-18-25-12-8-9-21-33-25/h6-9,12-14,16-17,19-21,24,30H,2-5,10-11,22H2,1H3,(H2,34,36,39). The maximum atomic E-state index is 13.7. The summed E-state index contributed by atoms with van der Waals surface area (Å²) in [4.78, 5) is 37.7. The Morgan fingerprint density at radius 3 is 2.49 bits per heavy atom. The lowest BCUT2D eigenvalue weighted by molar-refractivity contribution is -0.120. The molecule has 198 valence electrons. The van der Waals surface area contributed by atoms with Gasteiger partial charge in [-0.05, 0) is 67.6 Å². The number of nitrogens with zero attached hydrogens (tertiary/aromatic N) is 3. The molecule has 0 spiro atoms. The van der Waals surface area contributed by atoms with E-state index >= 15 is 0 Å². The monoisotopic (exact) mass is 519 g/mol. The number of para-hydroxylation sites is 1. The number of pyridine rings is 1. The van der Waals surface area contributed by atoms with E-state index in [2.05, 4.69) is 33.5 Å². The number of nitrogens with one attached hydrogen (secondary N) is 2. The molecule has 3 aromatic rings. The van der Waals surface area contributed by atoms with E-state index in [-0.39, 0.29) is 11.8 Å². The lowest BCUT2D eigenvalue weighted by Crippen LogP contribution is -2.48. The van der Waals surface area contributed by atoms with Crippen LogP contribution in [0, 0.1) is 17.8 Å². The highest BCUT2D eigenvalue weighted by molar-refractivity contribution is 6.14. The van der Waals surface area contributed by atoms with Gasteiger partial charge in [0.25, 0.3) is 5.91 Å². The van der Waals surface area contributed by atoms with Crippen molar-refractivity contribution in [2.24, 2.45) is 10.9 Å². The molecule has 7 nitrogen and oxygen atoms in total. The van der Waals surface area contributed by atoms with Crippen molar-refractivity contribution in [2.45, 2.75) is 51.6 Å². The highest BCUT2D eigenvalue weighted by Gasteiger charge is 2.34. The molecule has 1 fully saturated rings. The molecule has 1 aromatic heterocycles. The number of hydrogen-bond donors (Lipinski definition) is 2. The van der Waals surface area contributed by atoms with E-state index in [0.717, 1.165) is 54.6 Å². The highest BCUT2D eigenvalue weighted by atomic mass is 16.2. The van der Waals surface area contributed by atoms with Gasteiger partial charge in [-0.15, -0.1) is 0 Å². The zero-order valence-electron chi connectivity index (χ0n) is 22.2. The van der Waals surface area contributed by atoms with Crippen LogP contribution in [-0.2, 0) is 4.79 Å². The number of benzene rings is 2. The van der Waals surface area contributed by atoms with Gasteiger partial charge in [0, 0.05) is 35.5 Å². The highest BCUT2D eigenvalue weighted by Crippen LogP contribution is 2.34. The normalized spacial score (nSPS) is 17.3. The lowest BCUT2D eigenvalue weighted by Gasteiger charge is -2.26. The summed E-state index contributed by atoms with van der Waals surface area (Å²) in [7, 11) is 0. The van der Waals surface area contributed by atoms with Crippen molar-refractivity contribution in [3.8, 4) is 11.8 Å². The number of carbonyl (C=O) groups is 2. The molecule has 5 rings (SSSR count). The van der Waals surface area contributed by atoms with E-state index in [0.29, 0.717) is 17.9 Å². The smallest absolute Gasteiger partial charge is 0.308 e. The fourth-order valence-corrected chi connectivity index (χ4v) is 5.21. The Morgan fingerprint density at radius 2 is 1.74 bits per heavy atom. The number of fused-ring (bicyclic) bond motifs is 1. The summed E-state index contributed by atoms with van der Waals surface area (Å²) in [5.41, 5.74) is 4.90. The Morgan fingerprint density at radius 1 is 0.974 bits per heavy atom. The molecule has 2 aromatic carbocycles. The van der Waals surface area contributed by atoms with Gasteiger partial charge < -0.3 is 15.5 Å². The molecular formula is C32H33N5O2. The number of carbonyl (C=O) groups excluding carboxylic acids is 2. The van der Waals surface area contributed by atoms with Gasteiger partial charge in [0.1, 0.15) is 5.69 Å². The molecule has 39 heavy (non-hydrogen) atoms. The molecule has 0 bridgehead atoms. The topological polar surface area (TPSA) is 86.7 Å². The Bertz CT molecular complexity index is 1400. The summed E-state index contributed by atoms with van der Waals surface area (Å²) in [5.74, 6) is 6.16. The van der Waals surface area contributed by atoms with Crippen LogP contribution in [0.5, 0.6) is 0 Å². The molecule has 1 atom stereocenters. The third-order valence-electron chi connectivity index (χ3n) is 7.09. The minimum atomic E-state index is -0.996. The quantitative estimate of drug-likeness (QED) is 0.421. The second-order valence-corrected chi connectivity index (χ2v) is 9.90. The average Bonchev–Trinajstić information content (AvgIpc) is 3.09. The average molecular weight is 520 g/mol. The summed E-state index contributed by atoms with van der Waals surface area (Å²) < 4.78 is 0. The van der Waals surface area contributed by atoms with Crippen molar-refractivity contribution in [1.29, 1.82) is 0 Å². The molecule has 2 aliphatic rings. The second kappa shape index (κ2) is 12.4. The van der Waals surface area contributed by atoms with Crippen LogP contribution in [0.25, 0.3) is 0 Å². The summed E-state index contributed by atoms with van der Waals surface area (Å²) in [6.45, 7) is 2.60. The van der Waals surface area contributed by atoms with Gasteiger partial charge in [-0.1, -0.05) is 56.4 Å². The Kier molecular flexibility index (Phi) is 8.33. The van der Waals surface area contributed by atoms with Gasteiger partial charge >= 0.3 is 6.03 Å². The number of amides is 3. The van der Waals surface area contributed by atoms with Crippen molar-refractivity contribution < 1.29 is 9.59 Å². The minimum Gasteiger partial charge on any atom is -0.308 e. The van der Waals surface area contributed by atoms with Crippen molar-refractivity contribution in [2.75, 3.05) is 16.8 Å². The molecule has 1 aliphatic carbocycles. The maximum absolute atomic E-state index is 13.7. The minimum absolute atomic E-state index is 0.217. The van der Waals surface area contributed by atoms with Crippen LogP contribution >= 0.6 is 0 Å². The SMILES string of the molecule is CCCN1C(=O)C(NC(=O)Nc2ccc(C#Cc3ccccn3)cc2)N=C(C2CCCCC2)c2ccccc21. The molecular weight excluding hydrogens is 486 g/mol. The first-order valence-electron chi connectivity index (χ1n) is 13.7. The predicted octanol–water partition coefficient (Wildman–Crippen LogP) is 5.76. The predicted molar refractivity (Wildman–Crippen MR) is 155 cm³/mol. The fourth-order valence-electron chi connectivity index (χ4n) is 5.21. The molecule has 2 N–H and O–H groups in total. The summed E-state index contributed by atoms with van der Waals surface area (Å²) in [6.07, 6.45) is 7.13. The molecule has 1 aliphatic heterocycles. The molecule has 1 saturated carbocycles. The molecule has 1 unspecified atom stereocenters. The van der Waals surface area contributed by atoms with Gasteiger partial charge in [0.05, 0.1) is 11.4 Å². The third-order valence-corrected chi connectivity index (χ3v) is 7.09. The Hall–Kier alpha value is -4.44. The van der Waals surface area contributed by atoms with Gasteiger partial charge in [-0.3, -0.25) is 9.79 Å².